The van der Waals surface area contributed by atoms with Gasteiger partial charge in [0.1, 0.15) is 5.75 Å². The van der Waals surface area contributed by atoms with Crippen LogP contribution in [-0.2, 0) is 0 Å². The molecule has 1 aromatic carbocycles. The van der Waals surface area contributed by atoms with Crippen LogP contribution < -0.4 is 10.5 Å². The highest BCUT2D eigenvalue weighted by Gasteiger charge is 2.22. The first-order chi connectivity index (χ1) is 7.30. The van der Waals surface area contributed by atoms with E-state index in [9.17, 15) is 8.78 Å². The van der Waals surface area contributed by atoms with Gasteiger partial charge in [0.15, 0.2) is 0 Å². The van der Waals surface area contributed by atoms with E-state index in [2.05, 4.69) is 4.74 Å². The van der Waals surface area contributed by atoms with Crippen LogP contribution in [0.2, 0.25) is 0 Å². The minimum atomic E-state index is -2.79. The number of rotatable bonds is 3. The fourth-order valence-electron chi connectivity index (χ4n) is 1.36. The van der Waals surface area contributed by atoms with Gasteiger partial charge < -0.3 is 10.5 Å². The van der Waals surface area contributed by atoms with Crippen molar-refractivity contribution in [2.24, 2.45) is 11.1 Å². The Morgan fingerprint density at radius 3 is 2.00 bits per heavy atom. The van der Waals surface area contributed by atoms with E-state index in [1.165, 1.54) is 12.1 Å². The molecular weight excluding hydrogens is 212 g/mol. The molecule has 1 aromatic rings. The number of benzene rings is 1. The lowest BCUT2D eigenvalue weighted by Crippen LogP contribution is -2.26. The number of hydrogen-bond donors (Lipinski definition) is 1. The van der Waals surface area contributed by atoms with Crippen LogP contribution in [0.15, 0.2) is 24.3 Å². The topological polar surface area (TPSA) is 35.2 Å². The summed E-state index contributed by atoms with van der Waals surface area (Å²) in [6.45, 7) is 3.30. The van der Waals surface area contributed by atoms with Crippen molar-refractivity contribution >= 4 is 0 Å². The van der Waals surface area contributed by atoms with Gasteiger partial charge in [0.05, 0.1) is 0 Å². The van der Waals surface area contributed by atoms with Gasteiger partial charge in [-0.05, 0) is 23.1 Å². The predicted molar refractivity (Wildman–Crippen MR) is 59.5 cm³/mol. The molecule has 2 N–H and O–H groups in total. The normalized spacial score (nSPS) is 13.9. The summed E-state index contributed by atoms with van der Waals surface area (Å²) in [5.41, 5.74) is 6.88. The number of nitrogens with two attached hydrogens (primary N) is 1. The molecule has 0 aliphatic heterocycles. The summed E-state index contributed by atoms with van der Waals surface area (Å²) in [7, 11) is 0. The van der Waals surface area contributed by atoms with Crippen molar-refractivity contribution in [3.63, 3.8) is 0 Å². The Morgan fingerprint density at radius 1 is 1.12 bits per heavy atom. The van der Waals surface area contributed by atoms with Crippen LogP contribution in [0.4, 0.5) is 8.78 Å². The quantitative estimate of drug-likeness (QED) is 0.862. The average molecular weight is 229 g/mol. The third-order valence-electron chi connectivity index (χ3n) is 2.40. The molecule has 0 heterocycles. The highest BCUT2D eigenvalue weighted by atomic mass is 19.3. The van der Waals surface area contributed by atoms with Crippen molar-refractivity contribution in [3.05, 3.63) is 29.8 Å². The molecular formula is C12H17F2NO. The van der Waals surface area contributed by atoms with Crippen LogP contribution in [0.25, 0.3) is 0 Å². The molecule has 0 fully saturated rings. The van der Waals surface area contributed by atoms with Crippen LogP contribution in [0, 0.1) is 5.41 Å². The van der Waals surface area contributed by atoms with E-state index in [-0.39, 0.29) is 17.2 Å². The zero-order valence-electron chi connectivity index (χ0n) is 9.71. The lowest BCUT2D eigenvalue weighted by Gasteiger charge is -2.27. The van der Waals surface area contributed by atoms with Crippen LogP contribution in [0.1, 0.15) is 32.4 Å². The Balaban J connectivity index is 2.79. The highest BCUT2D eigenvalue weighted by molar-refractivity contribution is 5.29. The monoisotopic (exact) mass is 229 g/mol. The Labute approximate surface area is 94.4 Å². The molecule has 0 amide bonds. The first-order valence-electron chi connectivity index (χ1n) is 5.11. The summed E-state index contributed by atoms with van der Waals surface area (Å²) >= 11 is 0. The van der Waals surface area contributed by atoms with Gasteiger partial charge in [-0.3, -0.25) is 0 Å². The second-order valence-electron chi connectivity index (χ2n) is 4.79. The molecule has 2 nitrogen and oxygen atoms in total. The SMILES string of the molecule is CC(C)(C)[C@@H](N)c1ccc(OC(F)F)cc1. The average Bonchev–Trinajstić information content (AvgIpc) is 2.15. The molecule has 1 atom stereocenters. The van der Waals surface area contributed by atoms with Gasteiger partial charge in [-0.1, -0.05) is 32.9 Å². The van der Waals surface area contributed by atoms with E-state index in [0.29, 0.717) is 0 Å². The maximum Gasteiger partial charge on any atom is 0.387 e. The van der Waals surface area contributed by atoms with Crippen LogP contribution >= 0.6 is 0 Å². The van der Waals surface area contributed by atoms with E-state index in [4.69, 9.17) is 5.73 Å². The maximum absolute atomic E-state index is 11.9. The fourth-order valence-corrected chi connectivity index (χ4v) is 1.36. The number of halogens is 2. The predicted octanol–water partition coefficient (Wildman–Crippen LogP) is 3.33. The summed E-state index contributed by atoms with van der Waals surface area (Å²) in [4.78, 5) is 0. The zero-order chi connectivity index (χ0) is 12.3. The molecule has 0 saturated carbocycles. The van der Waals surface area contributed by atoms with Gasteiger partial charge in [0, 0.05) is 6.04 Å². The second-order valence-corrected chi connectivity index (χ2v) is 4.79. The third kappa shape index (κ3) is 3.45. The summed E-state index contributed by atoms with van der Waals surface area (Å²) in [5, 5.41) is 0. The lowest BCUT2D eigenvalue weighted by atomic mass is 9.83. The Bertz CT molecular complexity index is 330. The van der Waals surface area contributed by atoms with Gasteiger partial charge >= 0.3 is 6.61 Å². The van der Waals surface area contributed by atoms with Crippen molar-refractivity contribution in [2.75, 3.05) is 0 Å². The van der Waals surface area contributed by atoms with Gasteiger partial charge in [0.25, 0.3) is 0 Å². The Hall–Kier alpha value is -1.16. The van der Waals surface area contributed by atoms with Crippen molar-refractivity contribution in [1.82, 2.24) is 0 Å². The van der Waals surface area contributed by atoms with Crippen molar-refractivity contribution in [3.8, 4) is 5.75 Å². The van der Waals surface area contributed by atoms with Gasteiger partial charge in [-0.15, -0.1) is 0 Å². The molecule has 0 radical (unpaired) electrons. The molecule has 90 valence electrons. The standard InChI is InChI=1S/C12H17F2NO/c1-12(2,3)10(15)8-4-6-9(7-5-8)16-11(13)14/h4-7,10-11H,15H2,1-3H3/t10-/m0/s1. The lowest BCUT2D eigenvalue weighted by molar-refractivity contribution is -0.0498. The van der Waals surface area contributed by atoms with Crippen LogP contribution in [-0.4, -0.2) is 6.61 Å². The van der Waals surface area contributed by atoms with Crippen molar-refractivity contribution in [1.29, 1.82) is 0 Å². The summed E-state index contributed by atoms with van der Waals surface area (Å²) in [6, 6.07) is 6.31. The molecule has 0 aliphatic carbocycles. The van der Waals surface area contributed by atoms with E-state index in [1.54, 1.807) is 12.1 Å². The minimum Gasteiger partial charge on any atom is -0.435 e. The van der Waals surface area contributed by atoms with E-state index in [1.807, 2.05) is 20.8 Å². The van der Waals surface area contributed by atoms with Gasteiger partial charge in [0.2, 0.25) is 0 Å². The molecule has 1 rings (SSSR count). The molecule has 16 heavy (non-hydrogen) atoms. The highest BCUT2D eigenvalue weighted by Crippen LogP contribution is 2.31. The first kappa shape index (κ1) is 12.9. The van der Waals surface area contributed by atoms with Crippen LogP contribution in [0.3, 0.4) is 0 Å². The van der Waals surface area contributed by atoms with Crippen molar-refractivity contribution in [2.45, 2.75) is 33.4 Å². The number of ether oxygens (including phenoxy) is 1. The van der Waals surface area contributed by atoms with E-state index >= 15 is 0 Å². The van der Waals surface area contributed by atoms with E-state index < -0.39 is 6.61 Å². The summed E-state index contributed by atoms with van der Waals surface area (Å²) in [5.74, 6) is 0.153. The number of hydrogen-bond acceptors (Lipinski definition) is 2. The molecule has 0 saturated heterocycles. The first-order valence-corrected chi connectivity index (χ1v) is 5.11. The molecule has 4 heteroatoms. The Morgan fingerprint density at radius 2 is 1.62 bits per heavy atom. The fraction of sp³-hybridized carbons (Fsp3) is 0.500. The van der Waals surface area contributed by atoms with Crippen LogP contribution in [0.5, 0.6) is 5.75 Å². The molecule has 0 aliphatic rings. The largest absolute Gasteiger partial charge is 0.435 e. The molecule has 0 spiro atoms. The summed E-state index contributed by atoms with van der Waals surface area (Å²) < 4.78 is 28.1. The number of alkyl halides is 2. The van der Waals surface area contributed by atoms with Gasteiger partial charge in [-0.25, -0.2) is 0 Å². The second kappa shape index (κ2) is 4.78. The molecule has 0 aromatic heterocycles. The summed E-state index contributed by atoms with van der Waals surface area (Å²) in [6.07, 6.45) is 0. The molecule has 0 bridgehead atoms. The maximum atomic E-state index is 11.9. The third-order valence-corrected chi connectivity index (χ3v) is 2.40. The van der Waals surface area contributed by atoms with E-state index in [0.717, 1.165) is 5.56 Å². The minimum absolute atomic E-state index is 0.0644. The smallest absolute Gasteiger partial charge is 0.387 e. The Kier molecular flexibility index (Phi) is 3.86. The zero-order valence-corrected chi connectivity index (χ0v) is 9.71. The van der Waals surface area contributed by atoms with Gasteiger partial charge in [-0.2, -0.15) is 8.78 Å². The van der Waals surface area contributed by atoms with Crippen molar-refractivity contribution < 1.29 is 13.5 Å². The molecule has 0 unspecified atom stereocenters.